The molecule has 12 heavy (non-hydrogen) atoms. The van der Waals surface area contributed by atoms with E-state index in [1.807, 2.05) is 20.8 Å². The summed E-state index contributed by atoms with van der Waals surface area (Å²) in [7, 11) is 0. The Balaban J connectivity index is 3.77. The fraction of sp³-hybridized carbons (Fsp3) is 0.900. The molecule has 0 aromatic carbocycles. The third kappa shape index (κ3) is 5.16. The molecule has 0 aromatic rings. The van der Waals surface area contributed by atoms with Gasteiger partial charge in [-0.25, -0.2) is 0 Å². The van der Waals surface area contributed by atoms with Crippen molar-refractivity contribution < 1.29 is 4.79 Å². The molecule has 0 aromatic heterocycles. The van der Waals surface area contributed by atoms with Crippen molar-refractivity contribution in [2.45, 2.75) is 47.1 Å². The molecule has 1 amide bonds. The highest BCUT2D eigenvalue weighted by atomic mass is 16.1. The molecule has 0 saturated carbocycles. The summed E-state index contributed by atoms with van der Waals surface area (Å²) in [6.45, 7) is 10.2. The fourth-order valence-electron chi connectivity index (χ4n) is 1.24. The monoisotopic (exact) mass is 171 g/mol. The van der Waals surface area contributed by atoms with E-state index in [0.29, 0.717) is 5.92 Å². The van der Waals surface area contributed by atoms with Crippen LogP contribution in [0.1, 0.15) is 41.0 Å². The molecule has 0 saturated heterocycles. The lowest BCUT2D eigenvalue weighted by Crippen LogP contribution is -2.34. The summed E-state index contributed by atoms with van der Waals surface area (Å²) in [6, 6.07) is 0.257. The maximum Gasteiger partial charge on any atom is 0.223 e. The molecule has 0 aliphatic carbocycles. The molecule has 0 bridgehead atoms. The van der Waals surface area contributed by atoms with Crippen LogP contribution in [0.15, 0.2) is 0 Å². The highest BCUT2D eigenvalue weighted by Crippen LogP contribution is 2.10. The number of carbonyl (C=O) groups is 1. The maximum atomic E-state index is 11.4. The molecule has 0 rings (SSSR count). The molecular weight excluding hydrogens is 150 g/mol. The van der Waals surface area contributed by atoms with Gasteiger partial charge >= 0.3 is 0 Å². The molecule has 0 aliphatic heterocycles. The van der Waals surface area contributed by atoms with Gasteiger partial charge in [-0.2, -0.15) is 0 Å². The van der Waals surface area contributed by atoms with Crippen molar-refractivity contribution in [2.24, 2.45) is 11.8 Å². The van der Waals surface area contributed by atoms with Crippen molar-refractivity contribution in [3.05, 3.63) is 0 Å². The molecule has 2 heteroatoms. The zero-order valence-corrected chi connectivity index (χ0v) is 8.85. The minimum atomic E-state index is 0.146. The van der Waals surface area contributed by atoms with Gasteiger partial charge in [-0.15, -0.1) is 0 Å². The summed E-state index contributed by atoms with van der Waals surface area (Å²) in [6.07, 6.45) is 0.971. The Hall–Kier alpha value is -0.530. The summed E-state index contributed by atoms with van der Waals surface area (Å²) in [5, 5.41) is 2.91. The zero-order chi connectivity index (χ0) is 9.72. The third-order valence-corrected chi connectivity index (χ3v) is 1.70. The van der Waals surface area contributed by atoms with Crippen molar-refractivity contribution >= 4 is 5.91 Å². The minimum Gasteiger partial charge on any atom is -0.354 e. The molecule has 0 heterocycles. The summed E-state index contributed by atoms with van der Waals surface area (Å²) in [4.78, 5) is 11.4. The first-order valence-corrected chi connectivity index (χ1v) is 4.73. The molecular formula is C10H21NO. The van der Waals surface area contributed by atoms with Gasteiger partial charge in [-0.05, 0) is 26.2 Å². The Bertz CT molecular complexity index is 141. The molecule has 0 radical (unpaired) electrons. The van der Waals surface area contributed by atoms with Gasteiger partial charge in [0.05, 0.1) is 0 Å². The van der Waals surface area contributed by atoms with Crippen LogP contribution in [0.2, 0.25) is 0 Å². The second-order valence-electron chi connectivity index (χ2n) is 4.19. The van der Waals surface area contributed by atoms with Crippen molar-refractivity contribution in [1.82, 2.24) is 5.32 Å². The average Bonchev–Trinajstić information content (AvgIpc) is 1.84. The number of hydrogen-bond acceptors (Lipinski definition) is 1. The fourth-order valence-corrected chi connectivity index (χ4v) is 1.24. The van der Waals surface area contributed by atoms with Crippen LogP contribution >= 0.6 is 0 Å². The van der Waals surface area contributed by atoms with Gasteiger partial charge < -0.3 is 5.32 Å². The van der Waals surface area contributed by atoms with E-state index in [1.54, 1.807) is 0 Å². The van der Waals surface area contributed by atoms with Gasteiger partial charge in [0, 0.05) is 12.0 Å². The lowest BCUT2D eigenvalue weighted by molar-refractivity contribution is -0.125. The van der Waals surface area contributed by atoms with Crippen LogP contribution in [-0.2, 0) is 4.79 Å². The number of nitrogens with one attached hydrogen (secondary N) is 1. The van der Waals surface area contributed by atoms with Gasteiger partial charge in [0.25, 0.3) is 0 Å². The second kappa shape index (κ2) is 5.18. The summed E-state index contributed by atoms with van der Waals surface area (Å²) < 4.78 is 0. The van der Waals surface area contributed by atoms with E-state index in [0.717, 1.165) is 6.42 Å². The Morgan fingerprint density at radius 2 is 1.67 bits per heavy atom. The lowest BCUT2D eigenvalue weighted by Gasteiger charge is -2.15. The third-order valence-electron chi connectivity index (χ3n) is 1.70. The summed E-state index contributed by atoms with van der Waals surface area (Å²) in [5.41, 5.74) is 0. The average molecular weight is 171 g/mol. The highest BCUT2D eigenvalue weighted by Gasteiger charge is 2.14. The molecule has 0 spiro atoms. The van der Waals surface area contributed by atoms with Crippen LogP contribution in [0, 0.1) is 11.8 Å². The van der Waals surface area contributed by atoms with Gasteiger partial charge in [0.2, 0.25) is 5.91 Å². The van der Waals surface area contributed by atoms with Gasteiger partial charge in [0.1, 0.15) is 0 Å². The number of hydrogen-bond donors (Lipinski definition) is 1. The maximum absolute atomic E-state index is 11.4. The lowest BCUT2D eigenvalue weighted by atomic mass is 9.98. The van der Waals surface area contributed by atoms with E-state index in [-0.39, 0.29) is 17.9 Å². The first-order valence-electron chi connectivity index (χ1n) is 4.73. The molecule has 0 fully saturated rings. The predicted octanol–water partition coefficient (Wildman–Crippen LogP) is 2.19. The quantitative estimate of drug-likeness (QED) is 0.690. The molecule has 72 valence electrons. The largest absolute Gasteiger partial charge is 0.354 e. The van der Waals surface area contributed by atoms with E-state index < -0.39 is 0 Å². The smallest absolute Gasteiger partial charge is 0.223 e. The van der Waals surface area contributed by atoms with E-state index in [2.05, 4.69) is 19.2 Å². The normalized spacial score (nSPS) is 13.6. The van der Waals surface area contributed by atoms with Crippen molar-refractivity contribution in [1.29, 1.82) is 0 Å². The van der Waals surface area contributed by atoms with Crippen molar-refractivity contribution in [3.8, 4) is 0 Å². The van der Waals surface area contributed by atoms with Gasteiger partial charge in [-0.3, -0.25) is 4.79 Å². The van der Waals surface area contributed by atoms with Crippen LogP contribution in [0.25, 0.3) is 0 Å². The number of carbonyl (C=O) groups excluding carboxylic acids is 1. The van der Waals surface area contributed by atoms with E-state index in [4.69, 9.17) is 0 Å². The van der Waals surface area contributed by atoms with Gasteiger partial charge in [0.15, 0.2) is 0 Å². The molecule has 1 N–H and O–H groups in total. The first-order chi connectivity index (χ1) is 5.43. The van der Waals surface area contributed by atoms with Crippen LogP contribution in [0.4, 0.5) is 0 Å². The van der Waals surface area contributed by atoms with E-state index in [9.17, 15) is 4.79 Å². The van der Waals surface area contributed by atoms with Gasteiger partial charge in [-0.1, -0.05) is 20.8 Å². The number of rotatable bonds is 4. The predicted molar refractivity (Wildman–Crippen MR) is 51.9 cm³/mol. The van der Waals surface area contributed by atoms with Crippen LogP contribution in [0.5, 0.6) is 0 Å². The second-order valence-corrected chi connectivity index (χ2v) is 4.19. The molecule has 0 unspecified atom stereocenters. The topological polar surface area (TPSA) is 29.1 Å². The first kappa shape index (κ1) is 11.5. The number of amides is 1. The Morgan fingerprint density at radius 1 is 1.17 bits per heavy atom. The van der Waals surface area contributed by atoms with E-state index in [1.165, 1.54) is 0 Å². The Labute approximate surface area is 75.7 Å². The molecule has 0 aliphatic rings. The Morgan fingerprint density at radius 3 is 2.00 bits per heavy atom. The minimum absolute atomic E-state index is 0.146. The van der Waals surface area contributed by atoms with Crippen LogP contribution < -0.4 is 5.32 Å². The van der Waals surface area contributed by atoms with Crippen molar-refractivity contribution in [3.63, 3.8) is 0 Å². The van der Waals surface area contributed by atoms with Crippen LogP contribution in [-0.4, -0.2) is 11.9 Å². The SMILES string of the molecule is CC(C)C[C@@H](C)C(=O)NC(C)C. The highest BCUT2D eigenvalue weighted by molar-refractivity contribution is 5.78. The van der Waals surface area contributed by atoms with Crippen molar-refractivity contribution in [2.75, 3.05) is 0 Å². The standard InChI is InChI=1S/C10H21NO/c1-7(2)6-9(5)10(12)11-8(3)4/h7-9H,6H2,1-5H3,(H,11,12)/t9-/m1/s1. The Kier molecular flexibility index (Phi) is 4.95. The molecule has 1 atom stereocenters. The summed E-state index contributed by atoms with van der Waals surface area (Å²) in [5.74, 6) is 0.920. The summed E-state index contributed by atoms with van der Waals surface area (Å²) >= 11 is 0. The molecule has 2 nitrogen and oxygen atoms in total. The van der Waals surface area contributed by atoms with E-state index >= 15 is 0 Å². The zero-order valence-electron chi connectivity index (χ0n) is 8.85. The van der Waals surface area contributed by atoms with Crippen LogP contribution in [0.3, 0.4) is 0 Å².